The quantitative estimate of drug-likeness (QED) is 0.617. The predicted molar refractivity (Wildman–Crippen MR) is 98.9 cm³/mol. The van der Waals surface area contributed by atoms with E-state index in [0.717, 1.165) is 16.6 Å². The highest BCUT2D eigenvalue weighted by molar-refractivity contribution is 6.08. The molecule has 0 saturated heterocycles. The van der Waals surface area contributed by atoms with Crippen LogP contribution in [0.25, 0.3) is 16.6 Å². The Morgan fingerprint density at radius 1 is 1.24 bits per heavy atom. The monoisotopic (exact) mass is 335 g/mol. The van der Waals surface area contributed by atoms with Crippen LogP contribution in [0.15, 0.2) is 54.9 Å². The highest BCUT2D eigenvalue weighted by Gasteiger charge is 2.09. The van der Waals surface area contributed by atoms with E-state index < -0.39 is 0 Å². The van der Waals surface area contributed by atoms with Gasteiger partial charge >= 0.3 is 0 Å². The number of halogens is 1. The van der Waals surface area contributed by atoms with Gasteiger partial charge in [0.15, 0.2) is 0 Å². The Labute approximate surface area is 144 Å². The van der Waals surface area contributed by atoms with Crippen LogP contribution in [0.1, 0.15) is 24.1 Å². The topological polar surface area (TPSA) is 87.7 Å². The molecule has 0 radical (unpaired) electrons. The molecule has 4 N–H and O–H groups in total. The summed E-state index contributed by atoms with van der Waals surface area (Å²) >= 11 is 0. The van der Waals surface area contributed by atoms with Gasteiger partial charge in [-0.3, -0.25) is 4.98 Å². The normalized spacial score (nSPS) is 12.8. The standard InChI is InChI=1S/C19H18FN5/c1-12(13-3-2-4-16(20)7-13)24-19-11-23-18-8-14(15(9-21)10-22)5-6-17(18)25-19/h2-12,21H,22H2,1H3,(H,24,25)/b15-10+,21-9?. The third-order valence-corrected chi connectivity index (χ3v) is 3.92. The average molecular weight is 335 g/mol. The molecule has 1 unspecified atom stereocenters. The second-order valence-corrected chi connectivity index (χ2v) is 5.65. The summed E-state index contributed by atoms with van der Waals surface area (Å²) in [5.41, 5.74) is 9.22. The molecule has 0 bridgehead atoms. The average Bonchev–Trinajstić information content (AvgIpc) is 2.62. The van der Waals surface area contributed by atoms with E-state index >= 15 is 0 Å². The summed E-state index contributed by atoms with van der Waals surface area (Å²) in [4.78, 5) is 8.95. The fourth-order valence-corrected chi connectivity index (χ4v) is 2.57. The van der Waals surface area contributed by atoms with Gasteiger partial charge in [-0.05, 0) is 42.3 Å². The first-order valence-electron chi connectivity index (χ1n) is 7.82. The van der Waals surface area contributed by atoms with Crippen molar-refractivity contribution in [3.63, 3.8) is 0 Å². The number of rotatable bonds is 5. The fourth-order valence-electron chi connectivity index (χ4n) is 2.57. The van der Waals surface area contributed by atoms with Gasteiger partial charge in [-0.1, -0.05) is 18.2 Å². The Hall–Kier alpha value is -3.28. The Bertz CT molecular complexity index is 951. The van der Waals surface area contributed by atoms with Crippen LogP contribution in [-0.2, 0) is 0 Å². The van der Waals surface area contributed by atoms with Gasteiger partial charge in [-0.15, -0.1) is 0 Å². The summed E-state index contributed by atoms with van der Waals surface area (Å²) in [5, 5.41) is 10.6. The smallest absolute Gasteiger partial charge is 0.145 e. The minimum absolute atomic E-state index is 0.105. The fraction of sp³-hybridized carbons (Fsp3) is 0.105. The summed E-state index contributed by atoms with van der Waals surface area (Å²) in [6.45, 7) is 1.94. The van der Waals surface area contributed by atoms with Crippen LogP contribution < -0.4 is 11.1 Å². The first kappa shape index (κ1) is 16.6. The molecule has 0 amide bonds. The number of anilines is 1. The van der Waals surface area contributed by atoms with Gasteiger partial charge in [0.1, 0.15) is 11.6 Å². The second kappa shape index (κ2) is 7.09. The maximum atomic E-state index is 13.4. The van der Waals surface area contributed by atoms with Gasteiger partial charge in [0.2, 0.25) is 0 Å². The summed E-state index contributed by atoms with van der Waals surface area (Å²) in [6.07, 6.45) is 4.22. The van der Waals surface area contributed by atoms with Gasteiger partial charge in [0.25, 0.3) is 0 Å². The zero-order valence-corrected chi connectivity index (χ0v) is 13.7. The van der Waals surface area contributed by atoms with E-state index in [2.05, 4.69) is 15.3 Å². The summed E-state index contributed by atoms with van der Waals surface area (Å²) in [6, 6.07) is 11.9. The van der Waals surface area contributed by atoms with Gasteiger partial charge in [-0.25, -0.2) is 9.37 Å². The maximum Gasteiger partial charge on any atom is 0.145 e. The van der Waals surface area contributed by atoms with Crippen LogP contribution >= 0.6 is 0 Å². The molecule has 126 valence electrons. The Balaban J connectivity index is 1.86. The SMILES string of the molecule is CC(Nc1cnc2cc(/C(C=N)=C/N)ccc2n1)c1cccc(F)c1. The molecule has 1 atom stereocenters. The van der Waals surface area contributed by atoms with E-state index in [1.807, 2.05) is 31.2 Å². The first-order valence-corrected chi connectivity index (χ1v) is 7.82. The number of allylic oxidation sites excluding steroid dienone is 1. The molecule has 2 aromatic carbocycles. The molecular formula is C19H18FN5. The van der Waals surface area contributed by atoms with Crippen molar-refractivity contribution in [3.8, 4) is 0 Å². The van der Waals surface area contributed by atoms with E-state index in [-0.39, 0.29) is 11.9 Å². The van der Waals surface area contributed by atoms with Crippen molar-refractivity contribution in [2.75, 3.05) is 5.32 Å². The van der Waals surface area contributed by atoms with E-state index in [0.29, 0.717) is 16.9 Å². The third kappa shape index (κ3) is 3.63. The Morgan fingerprint density at radius 3 is 2.80 bits per heavy atom. The van der Waals surface area contributed by atoms with Crippen molar-refractivity contribution in [3.05, 3.63) is 71.8 Å². The van der Waals surface area contributed by atoms with Crippen molar-refractivity contribution < 1.29 is 4.39 Å². The van der Waals surface area contributed by atoms with Gasteiger partial charge in [-0.2, -0.15) is 0 Å². The van der Waals surface area contributed by atoms with E-state index in [1.165, 1.54) is 24.5 Å². The van der Waals surface area contributed by atoms with E-state index in [9.17, 15) is 4.39 Å². The molecule has 0 aliphatic rings. The molecular weight excluding hydrogens is 317 g/mol. The van der Waals surface area contributed by atoms with Crippen LogP contribution in [0.4, 0.5) is 10.2 Å². The van der Waals surface area contributed by atoms with Crippen LogP contribution in [0.2, 0.25) is 0 Å². The molecule has 25 heavy (non-hydrogen) atoms. The lowest BCUT2D eigenvalue weighted by Gasteiger charge is -2.15. The summed E-state index contributed by atoms with van der Waals surface area (Å²) < 4.78 is 13.4. The number of aromatic nitrogens is 2. The molecule has 0 fully saturated rings. The highest BCUT2D eigenvalue weighted by atomic mass is 19.1. The third-order valence-electron chi connectivity index (χ3n) is 3.92. The predicted octanol–water partition coefficient (Wildman–Crippen LogP) is 3.89. The van der Waals surface area contributed by atoms with Gasteiger partial charge in [0, 0.05) is 18.0 Å². The number of nitrogens with one attached hydrogen (secondary N) is 2. The number of hydrogen-bond donors (Lipinski definition) is 3. The number of hydrogen-bond acceptors (Lipinski definition) is 5. The molecule has 3 aromatic rings. The van der Waals surface area contributed by atoms with Crippen molar-refractivity contribution in [1.29, 1.82) is 5.41 Å². The molecule has 0 aliphatic heterocycles. The Kier molecular flexibility index (Phi) is 4.70. The maximum absolute atomic E-state index is 13.4. The molecule has 5 nitrogen and oxygen atoms in total. The van der Waals surface area contributed by atoms with Crippen LogP contribution in [0.3, 0.4) is 0 Å². The summed E-state index contributed by atoms with van der Waals surface area (Å²) in [5.74, 6) is 0.344. The lowest BCUT2D eigenvalue weighted by Crippen LogP contribution is -2.08. The zero-order chi connectivity index (χ0) is 17.8. The minimum atomic E-state index is -0.266. The lowest BCUT2D eigenvalue weighted by molar-refractivity contribution is 0.623. The number of benzene rings is 2. The first-order chi connectivity index (χ1) is 12.1. The second-order valence-electron chi connectivity index (χ2n) is 5.65. The molecule has 1 heterocycles. The minimum Gasteiger partial charge on any atom is -0.404 e. The molecule has 1 aromatic heterocycles. The molecule has 0 saturated carbocycles. The van der Waals surface area contributed by atoms with Crippen molar-refractivity contribution >= 4 is 28.6 Å². The van der Waals surface area contributed by atoms with Crippen LogP contribution in [-0.4, -0.2) is 16.2 Å². The van der Waals surface area contributed by atoms with Crippen LogP contribution in [0.5, 0.6) is 0 Å². The van der Waals surface area contributed by atoms with Crippen molar-refractivity contribution in [2.45, 2.75) is 13.0 Å². The lowest BCUT2D eigenvalue weighted by atomic mass is 10.1. The van der Waals surface area contributed by atoms with Crippen LogP contribution in [0, 0.1) is 11.2 Å². The van der Waals surface area contributed by atoms with Crippen molar-refractivity contribution in [2.24, 2.45) is 5.73 Å². The van der Waals surface area contributed by atoms with E-state index in [4.69, 9.17) is 11.1 Å². The zero-order valence-electron chi connectivity index (χ0n) is 13.7. The number of fused-ring (bicyclic) bond motifs is 1. The summed E-state index contributed by atoms with van der Waals surface area (Å²) in [7, 11) is 0. The molecule has 6 heteroatoms. The largest absolute Gasteiger partial charge is 0.404 e. The Morgan fingerprint density at radius 2 is 2.08 bits per heavy atom. The molecule has 3 rings (SSSR count). The number of nitrogens with zero attached hydrogens (tertiary/aromatic N) is 2. The highest BCUT2D eigenvalue weighted by Crippen LogP contribution is 2.21. The van der Waals surface area contributed by atoms with E-state index in [1.54, 1.807) is 12.3 Å². The van der Waals surface area contributed by atoms with Gasteiger partial charge < -0.3 is 16.5 Å². The number of nitrogens with two attached hydrogens (primary N) is 1. The molecule has 0 aliphatic carbocycles. The van der Waals surface area contributed by atoms with Crippen molar-refractivity contribution in [1.82, 2.24) is 9.97 Å². The van der Waals surface area contributed by atoms with Gasteiger partial charge in [0.05, 0.1) is 23.3 Å². The molecule has 0 spiro atoms.